The van der Waals surface area contributed by atoms with E-state index in [2.05, 4.69) is 55.6 Å². The Morgan fingerprint density at radius 1 is 1.08 bits per heavy atom. The number of amides is 1. The number of thiophene rings is 1. The second-order valence-corrected chi connectivity index (χ2v) is 13.8. The average molecular weight is 736 g/mol. The number of carbonyl (C=O) groups excluding carboxylic acids is 1. The van der Waals surface area contributed by atoms with Crippen molar-refractivity contribution in [2.45, 2.75) is 39.7 Å². The largest absolute Gasteiger partial charge is 0.478 e. The summed E-state index contributed by atoms with van der Waals surface area (Å²) in [7, 11) is 0. The van der Waals surface area contributed by atoms with Crippen molar-refractivity contribution >= 4 is 58.6 Å². The molecular formula is C36H40Cl2N8O3S. The van der Waals surface area contributed by atoms with Crippen LogP contribution < -0.4 is 16.0 Å². The Hall–Kier alpha value is -4.25. The topological polar surface area (TPSA) is 142 Å². The third-order valence-electron chi connectivity index (χ3n) is 9.01. The van der Waals surface area contributed by atoms with E-state index in [-0.39, 0.29) is 36.8 Å². The van der Waals surface area contributed by atoms with Gasteiger partial charge in [-0.15, -0.1) is 33.9 Å². The SMILES string of the molecule is Cc1sc2c(c1C)C(c1ccc(Cl)cc1)=N[C@@H](CC(=O)NCCCN1CCN(c3ccc(C#CCN)c(C(=O)O)c3)CC1)c1nnc(C)n1-2.Cl. The number of halogens is 2. The van der Waals surface area contributed by atoms with E-state index in [1.165, 1.54) is 4.88 Å². The number of anilines is 1. The van der Waals surface area contributed by atoms with Crippen LogP contribution >= 0.6 is 35.3 Å². The van der Waals surface area contributed by atoms with Gasteiger partial charge in [0.15, 0.2) is 5.82 Å². The zero-order chi connectivity index (χ0) is 34.7. The van der Waals surface area contributed by atoms with E-state index in [9.17, 15) is 14.7 Å². The normalized spacial score (nSPS) is 15.5. The summed E-state index contributed by atoms with van der Waals surface area (Å²) in [5, 5.41) is 23.3. The maximum Gasteiger partial charge on any atom is 0.337 e. The molecule has 4 heterocycles. The zero-order valence-electron chi connectivity index (χ0n) is 28.2. The Morgan fingerprint density at radius 3 is 2.52 bits per heavy atom. The number of benzene rings is 2. The van der Waals surface area contributed by atoms with Gasteiger partial charge in [-0.2, -0.15) is 0 Å². The lowest BCUT2D eigenvalue weighted by Crippen LogP contribution is -2.47. The fourth-order valence-corrected chi connectivity index (χ4v) is 7.64. The minimum absolute atomic E-state index is 0. The Labute approximate surface area is 307 Å². The van der Waals surface area contributed by atoms with E-state index in [0.717, 1.165) is 78.1 Å². The van der Waals surface area contributed by atoms with Crippen molar-refractivity contribution in [1.82, 2.24) is 25.0 Å². The maximum absolute atomic E-state index is 13.3. The molecule has 0 radical (unpaired) electrons. The van der Waals surface area contributed by atoms with Crippen LogP contribution in [0.4, 0.5) is 5.69 Å². The third-order valence-corrected chi connectivity index (χ3v) is 10.4. The highest BCUT2D eigenvalue weighted by atomic mass is 35.5. The first-order chi connectivity index (χ1) is 23.6. The molecule has 0 bridgehead atoms. The molecule has 2 aromatic carbocycles. The number of carboxylic acids is 1. The van der Waals surface area contributed by atoms with Crippen LogP contribution in [0, 0.1) is 32.6 Å². The van der Waals surface area contributed by atoms with E-state index >= 15 is 0 Å². The molecule has 2 aliphatic rings. The number of hydrogen-bond acceptors (Lipinski definition) is 9. The van der Waals surface area contributed by atoms with Gasteiger partial charge >= 0.3 is 5.97 Å². The quantitative estimate of drug-likeness (QED) is 0.162. The molecule has 1 fully saturated rings. The van der Waals surface area contributed by atoms with Crippen molar-refractivity contribution in [2.24, 2.45) is 10.7 Å². The van der Waals surface area contributed by atoms with Crippen molar-refractivity contribution in [2.75, 3.05) is 50.7 Å². The van der Waals surface area contributed by atoms with Crippen LogP contribution in [0.15, 0.2) is 47.5 Å². The van der Waals surface area contributed by atoms with Crippen LogP contribution in [0.25, 0.3) is 5.00 Å². The van der Waals surface area contributed by atoms with Crippen LogP contribution in [-0.4, -0.2) is 88.2 Å². The number of nitrogens with zero attached hydrogens (tertiary/aromatic N) is 6. The van der Waals surface area contributed by atoms with Crippen LogP contribution in [0.2, 0.25) is 5.02 Å². The van der Waals surface area contributed by atoms with Crippen molar-refractivity contribution in [1.29, 1.82) is 0 Å². The molecule has 1 saturated heterocycles. The van der Waals surface area contributed by atoms with Crippen molar-refractivity contribution in [3.8, 4) is 16.8 Å². The van der Waals surface area contributed by atoms with Crippen LogP contribution in [0.5, 0.6) is 0 Å². The number of hydrogen-bond donors (Lipinski definition) is 3. The second kappa shape index (κ2) is 16.2. The first-order valence-corrected chi connectivity index (χ1v) is 17.5. The summed E-state index contributed by atoms with van der Waals surface area (Å²) in [4.78, 5) is 36.1. The number of rotatable bonds is 9. The number of aromatic nitrogens is 3. The number of nitrogens with two attached hydrogens (primary N) is 1. The molecule has 0 spiro atoms. The molecule has 50 heavy (non-hydrogen) atoms. The Morgan fingerprint density at radius 2 is 1.82 bits per heavy atom. The van der Waals surface area contributed by atoms with Gasteiger partial charge in [-0.3, -0.25) is 19.3 Å². The number of carboxylic acid groups (broad SMARTS) is 1. The highest BCUT2D eigenvalue weighted by Gasteiger charge is 2.32. The van der Waals surface area contributed by atoms with Gasteiger partial charge in [0.25, 0.3) is 0 Å². The Bertz CT molecular complexity index is 1970. The molecule has 1 atom stereocenters. The van der Waals surface area contributed by atoms with E-state index < -0.39 is 12.0 Å². The number of fused-ring (bicyclic) bond motifs is 3. The van der Waals surface area contributed by atoms with E-state index in [1.807, 2.05) is 37.3 Å². The molecule has 11 nitrogen and oxygen atoms in total. The first kappa shape index (κ1) is 37.0. The lowest BCUT2D eigenvalue weighted by molar-refractivity contribution is -0.121. The summed E-state index contributed by atoms with van der Waals surface area (Å²) < 4.78 is 2.05. The maximum atomic E-state index is 13.3. The summed E-state index contributed by atoms with van der Waals surface area (Å²) in [6, 6.07) is 12.5. The Kier molecular flexibility index (Phi) is 12.0. The summed E-state index contributed by atoms with van der Waals surface area (Å²) in [5.74, 6) is 5.90. The minimum Gasteiger partial charge on any atom is -0.478 e. The smallest absolute Gasteiger partial charge is 0.337 e. The lowest BCUT2D eigenvalue weighted by atomic mass is 9.99. The lowest BCUT2D eigenvalue weighted by Gasteiger charge is -2.36. The molecule has 1 amide bonds. The summed E-state index contributed by atoms with van der Waals surface area (Å²) in [6.45, 7) is 10.9. The summed E-state index contributed by atoms with van der Waals surface area (Å²) in [6.07, 6.45) is 0.953. The van der Waals surface area contributed by atoms with Gasteiger partial charge in [0.1, 0.15) is 16.9 Å². The number of aliphatic imine (C=N–C) groups is 1. The molecule has 6 rings (SSSR count). The Balaban J connectivity index is 0.00000486. The fraction of sp³-hybridized carbons (Fsp3) is 0.361. The van der Waals surface area contributed by atoms with E-state index in [4.69, 9.17) is 22.3 Å². The molecule has 4 aromatic rings. The second-order valence-electron chi connectivity index (χ2n) is 12.2. The zero-order valence-corrected chi connectivity index (χ0v) is 30.6. The highest BCUT2D eigenvalue weighted by Crippen LogP contribution is 2.39. The molecular weight excluding hydrogens is 695 g/mol. The van der Waals surface area contributed by atoms with Gasteiger partial charge in [-0.05, 0) is 69.6 Å². The third kappa shape index (κ3) is 7.88. The number of carbonyl (C=O) groups is 2. The molecule has 0 saturated carbocycles. The molecule has 14 heteroatoms. The molecule has 4 N–H and O–H groups in total. The van der Waals surface area contributed by atoms with Crippen molar-refractivity contribution < 1.29 is 14.7 Å². The number of aryl methyl sites for hydroxylation is 2. The molecule has 0 aliphatic carbocycles. The minimum atomic E-state index is -1.00. The number of aromatic carboxylic acids is 1. The molecule has 262 valence electrons. The number of piperazine rings is 1. The predicted octanol–water partition coefficient (Wildman–Crippen LogP) is 4.95. The fourth-order valence-electron chi connectivity index (χ4n) is 6.30. The first-order valence-electron chi connectivity index (χ1n) is 16.3. The molecule has 0 unspecified atom stereocenters. The van der Waals surface area contributed by atoms with Gasteiger partial charge in [-0.25, -0.2) is 4.79 Å². The predicted molar refractivity (Wildman–Crippen MR) is 201 cm³/mol. The van der Waals surface area contributed by atoms with Gasteiger partial charge in [0.2, 0.25) is 5.91 Å². The van der Waals surface area contributed by atoms with Gasteiger partial charge in [0.05, 0.1) is 24.2 Å². The standard InChI is InChI=1S/C36H39ClN8O3S.ClH/c1-22-23(2)49-35-32(22)33(26-7-10-27(37)11-8-26)40-30(34-42-41-24(3)45(34)35)21-31(46)39-14-5-15-43-16-18-44(19-17-43)28-12-9-25(6-4-13-38)29(20-28)36(47)48;/h7-12,20,30H,5,13-19,21,38H2,1-3H3,(H,39,46)(H,47,48);1H/t30-;/m0./s1. The van der Waals surface area contributed by atoms with Crippen LogP contribution in [0.1, 0.15) is 68.0 Å². The molecule has 2 aliphatic heterocycles. The average Bonchev–Trinajstić information content (AvgIpc) is 3.57. The van der Waals surface area contributed by atoms with Crippen LogP contribution in [0.3, 0.4) is 0 Å². The molecule has 2 aromatic heterocycles. The van der Waals surface area contributed by atoms with Gasteiger partial charge in [-0.1, -0.05) is 35.6 Å². The summed E-state index contributed by atoms with van der Waals surface area (Å²) >= 11 is 7.91. The van der Waals surface area contributed by atoms with Crippen molar-refractivity contribution in [3.05, 3.63) is 91.8 Å². The van der Waals surface area contributed by atoms with E-state index in [0.29, 0.717) is 23.0 Å². The van der Waals surface area contributed by atoms with Gasteiger partial charge in [0, 0.05) is 65.0 Å². The van der Waals surface area contributed by atoms with Gasteiger partial charge < -0.3 is 21.1 Å². The van der Waals surface area contributed by atoms with Crippen molar-refractivity contribution in [3.63, 3.8) is 0 Å². The highest BCUT2D eigenvalue weighted by molar-refractivity contribution is 7.15. The number of nitrogens with one attached hydrogen (secondary N) is 1. The van der Waals surface area contributed by atoms with Crippen LogP contribution in [-0.2, 0) is 4.79 Å². The monoisotopic (exact) mass is 734 g/mol. The van der Waals surface area contributed by atoms with E-state index in [1.54, 1.807) is 23.5 Å². The summed E-state index contributed by atoms with van der Waals surface area (Å²) in [5.41, 5.74) is 10.9.